The minimum atomic E-state index is -4.24. The standard InChI is InChI=1S/C31H38FN3O4S/c1-5-7-20-33-31(37)29(6-2)34(21-25-12-8-23(3)9-13-25)30(36)22-35(27-16-10-24(4)11-17-27)40(38,39)28-18-14-26(32)15-19-28/h8-19,29H,5-7,20-22H2,1-4H3,(H,33,37)/t29-/m0/s1. The number of halogens is 1. The summed E-state index contributed by atoms with van der Waals surface area (Å²) in [6, 6.07) is 18.1. The summed E-state index contributed by atoms with van der Waals surface area (Å²) in [6.07, 6.45) is 2.08. The summed E-state index contributed by atoms with van der Waals surface area (Å²) in [5, 5.41) is 2.92. The van der Waals surface area contributed by atoms with E-state index >= 15 is 0 Å². The Hall–Kier alpha value is -3.72. The number of sulfonamides is 1. The molecule has 0 aliphatic heterocycles. The third kappa shape index (κ3) is 7.91. The molecule has 0 radical (unpaired) electrons. The van der Waals surface area contributed by atoms with Crippen molar-refractivity contribution in [2.45, 2.75) is 64.4 Å². The van der Waals surface area contributed by atoms with Crippen LogP contribution in [0.25, 0.3) is 0 Å². The van der Waals surface area contributed by atoms with E-state index in [-0.39, 0.29) is 17.3 Å². The highest BCUT2D eigenvalue weighted by atomic mass is 32.2. The number of hydrogen-bond donors (Lipinski definition) is 1. The fourth-order valence-electron chi connectivity index (χ4n) is 4.29. The van der Waals surface area contributed by atoms with Crippen molar-refractivity contribution in [3.8, 4) is 0 Å². The smallest absolute Gasteiger partial charge is 0.264 e. The van der Waals surface area contributed by atoms with Gasteiger partial charge in [0, 0.05) is 13.1 Å². The summed E-state index contributed by atoms with van der Waals surface area (Å²) in [7, 11) is -4.24. The topological polar surface area (TPSA) is 86.8 Å². The summed E-state index contributed by atoms with van der Waals surface area (Å²) in [5.74, 6) is -1.37. The van der Waals surface area contributed by atoms with E-state index < -0.39 is 34.3 Å². The molecule has 0 saturated heterocycles. The molecule has 0 aliphatic carbocycles. The molecule has 0 spiro atoms. The second-order valence-electron chi connectivity index (χ2n) is 9.88. The molecule has 3 aromatic rings. The summed E-state index contributed by atoms with van der Waals surface area (Å²) >= 11 is 0. The summed E-state index contributed by atoms with van der Waals surface area (Å²) in [5.41, 5.74) is 3.09. The maximum Gasteiger partial charge on any atom is 0.264 e. The molecule has 1 N–H and O–H groups in total. The van der Waals surface area contributed by atoms with Crippen molar-refractivity contribution in [1.82, 2.24) is 10.2 Å². The van der Waals surface area contributed by atoms with E-state index in [1.807, 2.05) is 52.0 Å². The lowest BCUT2D eigenvalue weighted by Gasteiger charge is -2.33. The van der Waals surface area contributed by atoms with Crippen LogP contribution in [0.15, 0.2) is 77.7 Å². The number of nitrogens with zero attached hydrogens (tertiary/aromatic N) is 2. The Morgan fingerprint density at radius 1 is 0.875 bits per heavy atom. The number of anilines is 1. The maximum absolute atomic E-state index is 14.0. The maximum atomic E-state index is 14.0. The van der Waals surface area contributed by atoms with E-state index in [0.29, 0.717) is 18.7 Å². The molecule has 1 atom stereocenters. The van der Waals surface area contributed by atoms with Gasteiger partial charge >= 0.3 is 0 Å². The van der Waals surface area contributed by atoms with Crippen LogP contribution >= 0.6 is 0 Å². The molecule has 0 bridgehead atoms. The Kier molecular flexibility index (Phi) is 10.8. The van der Waals surface area contributed by atoms with Crippen LogP contribution in [0, 0.1) is 19.7 Å². The predicted octanol–water partition coefficient (Wildman–Crippen LogP) is 5.36. The molecular formula is C31H38FN3O4S. The predicted molar refractivity (Wildman–Crippen MR) is 156 cm³/mol. The van der Waals surface area contributed by atoms with Crippen LogP contribution in [-0.2, 0) is 26.2 Å². The Labute approximate surface area is 237 Å². The summed E-state index contributed by atoms with van der Waals surface area (Å²) in [6.45, 7) is 7.78. The fraction of sp³-hybridized carbons (Fsp3) is 0.355. The van der Waals surface area contributed by atoms with E-state index in [1.165, 1.54) is 17.0 Å². The number of amides is 2. The number of carbonyl (C=O) groups is 2. The molecule has 3 rings (SSSR count). The van der Waals surface area contributed by atoms with Crippen LogP contribution in [0.4, 0.5) is 10.1 Å². The minimum Gasteiger partial charge on any atom is -0.354 e. The van der Waals surface area contributed by atoms with Gasteiger partial charge in [0.1, 0.15) is 18.4 Å². The van der Waals surface area contributed by atoms with Gasteiger partial charge in [0.2, 0.25) is 11.8 Å². The van der Waals surface area contributed by atoms with Crippen LogP contribution in [0.2, 0.25) is 0 Å². The van der Waals surface area contributed by atoms with Gasteiger partial charge in [-0.2, -0.15) is 0 Å². The number of benzene rings is 3. The van der Waals surface area contributed by atoms with Crippen LogP contribution in [0.5, 0.6) is 0 Å². The van der Waals surface area contributed by atoms with E-state index in [1.54, 1.807) is 24.3 Å². The third-order valence-corrected chi connectivity index (χ3v) is 8.48. The molecular weight excluding hydrogens is 529 g/mol. The molecule has 214 valence electrons. The monoisotopic (exact) mass is 567 g/mol. The highest BCUT2D eigenvalue weighted by molar-refractivity contribution is 7.92. The Balaban J connectivity index is 2.02. The van der Waals surface area contributed by atoms with Gasteiger partial charge in [0.15, 0.2) is 0 Å². The lowest BCUT2D eigenvalue weighted by atomic mass is 10.1. The average Bonchev–Trinajstić information content (AvgIpc) is 2.93. The van der Waals surface area contributed by atoms with Crippen molar-refractivity contribution >= 4 is 27.5 Å². The summed E-state index contributed by atoms with van der Waals surface area (Å²) in [4.78, 5) is 28.5. The highest BCUT2D eigenvalue weighted by Crippen LogP contribution is 2.25. The van der Waals surface area contributed by atoms with Crippen molar-refractivity contribution in [3.05, 3.63) is 95.3 Å². The first-order chi connectivity index (χ1) is 19.1. The summed E-state index contributed by atoms with van der Waals surface area (Å²) < 4.78 is 42.2. The third-order valence-electron chi connectivity index (χ3n) is 6.69. The first kappa shape index (κ1) is 30.8. The molecule has 2 amide bonds. The molecule has 3 aromatic carbocycles. The quantitative estimate of drug-likeness (QED) is 0.282. The van der Waals surface area contributed by atoms with Gasteiger partial charge in [-0.15, -0.1) is 0 Å². The van der Waals surface area contributed by atoms with Crippen LogP contribution in [0.3, 0.4) is 0 Å². The molecule has 0 fully saturated rings. The molecule has 0 aromatic heterocycles. The molecule has 40 heavy (non-hydrogen) atoms. The van der Waals surface area contributed by atoms with Crippen molar-refractivity contribution < 1.29 is 22.4 Å². The SMILES string of the molecule is CCCCNC(=O)[C@H](CC)N(Cc1ccc(C)cc1)C(=O)CN(c1ccc(C)cc1)S(=O)(=O)c1ccc(F)cc1. The first-order valence-corrected chi connectivity index (χ1v) is 15.0. The van der Waals surface area contributed by atoms with E-state index in [2.05, 4.69) is 5.32 Å². The molecule has 0 unspecified atom stereocenters. The lowest BCUT2D eigenvalue weighted by molar-refractivity contribution is -0.140. The Morgan fingerprint density at radius 3 is 2.00 bits per heavy atom. The second-order valence-corrected chi connectivity index (χ2v) is 11.7. The van der Waals surface area contributed by atoms with Crippen molar-refractivity contribution in [1.29, 1.82) is 0 Å². The van der Waals surface area contributed by atoms with Gasteiger partial charge in [-0.1, -0.05) is 67.8 Å². The number of aryl methyl sites for hydroxylation is 2. The number of unbranched alkanes of at least 4 members (excludes halogenated alkanes) is 1. The Morgan fingerprint density at radius 2 is 1.45 bits per heavy atom. The Bertz CT molecular complexity index is 1380. The molecule has 9 heteroatoms. The van der Waals surface area contributed by atoms with Crippen LogP contribution in [0.1, 0.15) is 49.8 Å². The van der Waals surface area contributed by atoms with Crippen LogP contribution < -0.4 is 9.62 Å². The lowest BCUT2D eigenvalue weighted by Crippen LogP contribution is -2.52. The fourth-order valence-corrected chi connectivity index (χ4v) is 5.70. The number of hydrogen-bond acceptors (Lipinski definition) is 4. The number of carbonyl (C=O) groups excluding carboxylic acids is 2. The van der Waals surface area contributed by atoms with E-state index in [4.69, 9.17) is 0 Å². The van der Waals surface area contributed by atoms with Crippen molar-refractivity contribution in [3.63, 3.8) is 0 Å². The van der Waals surface area contributed by atoms with E-state index in [9.17, 15) is 22.4 Å². The molecule has 7 nitrogen and oxygen atoms in total. The van der Waals surface area contributed by atoms with Gasteiger partial charge in [0.25, 0.3) is 10.0 Å². The van der Waals surface area contributed by atoms with Gasteiger partial charge < -0.3 is 10.2 Å². The largest absolute Gasteiger partial charge is 0.354 e. The van der Waals surface area contributed by atoms with Gasteiger partial charge in [-0.05, 0) is 68.7 Å². The minimum absolute atomic E-state index is 0.136. The normalized spacial score (nSPS) is 12.0. The highest BCUT2D eigenvalue weighted by Gasteiger charge is 2.33. The van der Waals surface area contributed by atoms with Crippen molar-refractivity contribution in [2.75, 3.05) is 17.4 Å². The number of nitrogens with one attached hydrogen (secondary N) is 1. The zero-order valence-electron chi connectivity index (χ0n) is 23.6. The zero-order valence-corrected chi connectivity index (χ0v) is 24.4. The molecule has 0 aliphatic rings. The molecule has 0 heterocycles. The van der Waals surface area contributed by atoms with Gasteiger partial charge in [-0.25, -0.2) is 12.8 Å². The van der Waals surface area contributed by atoms with Gasteiger partial charge in [0.05, 0.1) is 10.6 Å². The van der Waals surface area contributed by atoms with Gasteiger partial charge in [-0.3, -0.25) is 13.9 Å². The molecule has 0 saturated carbocycles. The second kappa shape index (κ2) is 14.1. The average molecular weight is 568 g/mol. The first-order valence-electron chi connectivity index (χ1n) is 13.5. The van der Waals surface area contributed by atoms with Crippen LogP contribution in [-0.4, -0.2) is 44.3 Å². The zero-order chi connectivity index (χ0) is 29.3. The van der Waals surface area contributed by atoms with E-state index in [0.717, 1.165) is 46.0 Å². The number of rotatable bonds is 13. The van der Waals surface area contributed by atoms with Crippen molar-refractivity contribution in [2.24, 2.45) is 0 Å².